The normalized spacial score (nSPS) is 23.0. The molecule has 1 atom stereocenters. The Balaban J connectivity index is 1.82. The van der Waals surface area contributed by atoms with Crippen LogP contribution in [0.15, 0.2) is 24.3 Å². The lowest BCUT2D eigenvalue weighted by atomic mass is 9.80. The minimum atomic E-state index is -3.45. The lowest BCUT2D eigenvalue weighted by molar-refractivity contribution is 0.179. The van der Waals surface area contributed by atoms with Gasteiger partial charge in [0.2, 0.25) is 0 Å². The molecule has 1 saturated carbocycles. The molecule has 5 nitrogen and oxygen atoms in total. The van der Waals surface area contributed by atoms with Gasteiger partial charge in [0.05, 0.1) is 6.04 Å². The predicted molar refractivity (Wildman–Crippen MR) is 101 cm³/mol. The molecule has 1 unspecified atom stereocenters. The molecule has 4 rings (SSSR count). The Labute approximate surface area is 150 Å². The second-order valence-corrected chi connectivity index (χ2v) is 8.98. The molecular formula is C19H27N3O2S. The number of nitrogens with one attached hydrogen (secondary N) is 2. The summed E-state index contributed by atoms with van der Waals surface area (Å²) in [4.78, 5) is 3.57. The summed E-state index contributed by atoms with van der Waals surface area (Å²) in [5.41, 5.74) is 3.56. The Bertz CT molecular complexity index is 853. The average molecular weight is 362 g/mol. The Morgan fingerprint density at radius 2 is 1.96 bits per heavy atom. The summed E-state index contributed by atoms with van der Waals surface area (Å²) in [5.74, 6) is 0.397. The maximum Gasteiger partial charge on any atom is 0.280 e. The van der Waals surface area contributed by atoms with Crippen molar-refractivity contribution in [2.75, 3.05) is 13.1 Å². The number of nitrogens with zero attached hydrogens (tertiary/aromatic N) is 1. The molecule has 2 aromatic rings. The topological polar surface area (TPSA) is 65.2 Å². The first-order valence-electron chi connectivity index (χ1n) is 9.47. The van der Waals surface area contributed by atoms with Crippen molar-refractivity contribution < 1.29 is 8.42 Å². The van der Waals surface area contributed by atoms with Gasteiger partial charge < -0.3 is 4.98 Å². The first kappa shape index (κ1) is 17.1. The van der Waals surface area contributed by atoms with E-state index in [0.29, 0.717) is 19.0 Å². The molecule has 2 aliphatic rings. The molecule has 1 aliphatic carbocycles. The molecule has 0 spiro atoms. The molecule has 6 heteroatoms. The lowest BCUT2D eigenvalue weighted by Gasteiger charge is -2.40. The zero-order valence-corrected chi connectivity index (χ0v) is 15.6. The van der Waals surface area contributed by atoms with Gasteiger partial charge in [-0.15, -0.1) is 0 Å². The molecule has 1 aromatic carbocycles. The van der Waals surface area contributed by atoms with Gasteiger partial charge in [0, 0.05) is 29.7 Å². The zero-order valence-electron chi connectivity index (χ0n) is 14.8. The van der Waals surface area contributed by atoms with Crippen molar-refractivity contribution in [2.24, 2.45) is 5.92 Å². The number of aromatic nitrogens is 1. The summed E-state index contributed by atoms with van der Waals surface area (Å²) >= 11 is 0. The molecule has 136 valence electrons. The van der Waals surface area contributed by atoms with Crippen molar-refractivity contribution in [3.8, 4) is 0 Å². The third-order valence-electron chi connectivity index (χ3n) is 5.77. The summed E-state index contributed by atoms with van der Waals surface area (Å²) in [6, 6.07) is 8.27. The van der Waals surface area contributed by atoms with E-state index in [1.807, 2.05) is 13.0 Å². The number of hydrogen-bond donors (Lipinski definition) is 2. The molecule has 0 saturated heterocycles. The molecule has 2 N–H and O–H groups in total. The summed E-state index contributed by atoms with van der Waals surface area (Å²) in [6.07, 6.45) is 6.66. The number of rotatable bonds is 4. The highest BCUT2D eigenvalue weighted by molar-refractivity contribution is 7.87. The number of aromatic amines is 1. The van der Waals surface area contributed by atoms with E-state index in [1.54, 1.807) is 4.31 Å². The second kappa shape index (κ2) is 6.74. The molecule has 0 amide bonds. The fraction of sp³-hybridized carbons (Fsp3) is 0.579. The van der Waals surface area contributed by atoms with Gasteiger partial charge in [0.1, 0.15) is 0 Å². The van der Waals surface area contributed by atoms with Gasteiger partial charge >= 0.3 is 0 Å². The van der Waals surface area contributed by atoms with E-state index in [0.717, 1.165) is 30.5 Å². The number of hydrogen-bond acceptors (Lipinski definition) is 2. The van der Waals surface area contributed by atoms with Crippen LogP contribution in [0.4, 0.5) is 0 Å². The smallest absolute Gasteiger partial charge is 0.280 e. The Morgan fingerprint density at radius 3 is 2.72 bits per heavy atom. The number of fused-ring (bicyclic) bond motifs is 3. The highest BCUT2D eigenvalue weighted by Gasteiger charge is 2.41. The molecule has 0 radical (unpaired) electrons. The highest BCUT2D eigenvalue weighted by Crippen LogP contribution is 2.44. The summed E-state index contributed by atoms with van der Waals surface area (Å²) < 4.78 is 30.2. The highest BCUT2D eigenvalue weighted by atomic mass is 32.2. The van der Waals surface area contributed by atoms with Crippen molar-refractivity contribution in [2.45, 2.75) is 51.5 Å². The SMILES string of the molecule is CCNS(=O)(=O)N1CCc2c([nH]c3ccccc23)C1C1CCCCC1. The van der Waals surface area contributed by atoms with Crippen molar-refractivity contribution in [3.05, 3.63) is 35.5 Å². The van der Waals surface area contributed by atoms with E-state index < -0.39 is 10.2 Å². The van der Waals surface area contributed by atoms with Crippen LogP contribution in [0.3, 0.4) is 0 Å². The molecule has 1 fully saturated rings. The van der Waals surface area contributed by atoms with Crippen LogP contribution < -0.4 is 4.72 Å². The maximum atomic E-state index is 12.9. The van der Waals surface area contributed by atoms with Crippen LogP contribution in [0, 0.1) is 5.92 Å². The molecule has 1 aliphatic heterocycles. The lowest BCUT2D eigenvalue weighted by Crippen LogP contribution is -2.48. The Hall–Kier alpha value is -1.37. The third kappa shape index (κ3) is 3.00. The third-order valence-corrected chi connectivity index (χ3v) is 7.45. The number of para-hydroxylation sites is 1. The summed E-state index contributed by atoms with van der Waals surface area (Å²) in [5, 5.41) is 1.25. The average Bonchev–Trinajstić information content (AvgIpc) is 3.00. The van der Waals surface area contributed by atoms with Crippen LogP contribution in [-0.4, -0.2) is 30.8 Å². The minimum absolute atomic E-state index is 0.0690. The van der Waals surface area contributed by atoms with Gasteiger partial charge in [0.15, 0.2) is 0 Å². The van der Waals surface area contributed by atoms with E-state index in [2.05, 4.69) is 27.9 Å². The molecule has 0 bridgehead atoms. The molecule has 25 heavy (non-hydrogen) atoms. The number of benzene rings is 1. The van der Waals surface area contributed by atoms with Crippen molar-refractivity contribution in [3.63, 3.8) is 0 Å². The first-order chi connectivity index (χ1) is 12.1. The van der Waals surface area contributed by atoms with Crippen LogP contribution in [0.1, 0.15) is 56.3 Å². The predicted octanol–water partition coefficient (Wildman–Crippen LogP) is 3.50. The standard InChI is InChI=1S/C19H27N3O2S/c1-2-20-25(23,24)22-13-12-16-15-10-6-7-11-17(15)21-18(16)19(22)14-8-4-3-5-9-14/h6-7,10-11,14,19-21H,2-5,8-9,12-13H2,1H3. The van der Waals surface area contributed by atoms with Gasteiger partial charge in [-0.1, -0.05) is 44.4 Å². The van der Waals surface area contributed by atoms with Gasteiger partial charge in [-0.2, -0.15) is 12.7 Å². The van der Waals surface area contributed by atoms with Crippen LogP contribution in [0.25, 0.3) is 10.9 Å². The summed E-state index contributed by atoms with van der Waals surface area (Å²) in [6.45, 7) is 2.83. The molecule has 2 heterocycles. The fourth-order valence-electron chi connectivity index (χ4n) is 4.70. The Morgan fingerprint density at radius 1 is 1.20 bits per heavy atom. The molecular weight excluding hydrogens is 334 g/mol. The van der Waals surface area contributed by atoms with Crippen LogP contribution in [0.5, 0.6) is 0 Å². The van der Waals surface area contributed by atoms with Crippen molar-refractivity contribution >= 4 is 21.1 Å². The van der Waals surface area contributed by atoms with Crippen LogP contribution in [-0.2, 0) is 16.6 Å². The van der Waals surface area contributed by atoms with Crippen LogP contribution >= 0.6 is 0 Å². The maximum absolute atomic E-state index is 12.9. The minimum Gasteiger partial charge on any atom is -0.357 e. The van der Waals surface area contributed by atoms with E-state index >= 15 is 0 Å². The Kier molecular flexibility index (Phi) is 4.60. The molecule has 1 aromatic heterocycles. The van der Waals surface area contributed by atoms with E-state index in [1.165, 1.54) is 30.2 Å². The van der Waals surface area contributed by atoms with E-state index in [9.17, 15) is 8.42 Å². The fourth-order valence-corrected chi connectivity index (χ4v) is 6.14. The van der Waals surface area contributed by atoms with Gasteiger partial charge in [-0.05, 0) is 36.8 Å². The van der Waals surface area contributed by atoms with E-state index in [4.69, 9.17) is 0 Å². The second-order valence-electron chi connectivity index (χ2n) is 7.27. The van der Waals surface area contributed by atoms with Gasteiger partial charge in [-0.3, -0.25) is 0 Å². The monoisotopic (exact) mass is 361 g/mol. The first-order valence-corrected chi connectivity index (χ1v) is 10.9. The van der Waals surface area contributed by atoms with Gasteiger partial charge in [-0.25, -0.2) is 4.72 Å². The largest absolute Gasteiger partial charge is 0.357 e. The quantitative estimate of drug-likeness (QED) is 0.875. The van der Waals surface area contributed by atoms with Crippen molar-refractivity contribution in [1.29, 1.82) is 0 Å². The van der Waals surface area contributed by atoms with Gasteiger partial charge in [0.25, 0.3) is 10.2 Å². The summed E-state index contributed by atoms with van der Waals surface area (Å²) in [7, 11) is -3.45. The van der Waals surface area contributed by atoms with Crippen LogP contribution in [0.2, 0.25) is 0 Å². The van der Waals surface area contributed by atoms with E-state index in [-0.39, 0.29) is 6.04 Å². The number of H-pyrrole nitrogens is 1. The zero-order chi connectivity index (χ0) is 17.4. The van der Waals surface area contributed by atoms with Crippen molar-refractivity contribution in [1.82, 2.24) is 14.0 Å².